The molecule has 0 radical (unpaired) electrons. The Hall–Kier alpha value is -2.02. The first kappa shape index (κ1) is 10.5. The van der Waals surface area contributed by atoms with Crippen LogP contribution in [0.25, 0.3) is 5.82 Å². The summed E-state index contributed by atoms with van der Waals surface area (Å²) in [6, 6.07) is 0. The van der Waals surface area contributed by atoms with E-state index in [4.69, 9.17) is 5.84 Å². The maximum atomic E-state index is 5.27. The molecule has 7 heteroatoms. The number of aromatic nitrogens is 5. The summed E-state index contributed by atoms with van der Waals surface area (Å²) in [5, 5.41) is 4.26. The molecule has 3 N–H and O–H groups in total. The lowest BCUT2D eigenvalue weighted by atomic mass is 10.3. The first-order valence-electron chi connectivity index (χ1n) is 4.82. The molecule has 0 aliphatic carbocycles. The van der Waals surface area contributed by atoms with Crippen molar-refractivity contribution in [2.24, 2.45) is 5.84 Å². The Balaban J connectivity index is 2.58. The Morgan fingerprint density at radius 1 is 1.25 bits per heavy atom. The lowest BCUT2D eigenvalue weighted by Crippen LogP contribution is -2.13. The number of nitrogens with one attached hydrogen (secondary N) is 1. The molecule has 2 aromatic rings. The van der Waals surface area contributed by atoms with E-state index in [1.54, 1.807) is 10.9 Å². The number of nitrogens with two attached hydrogens (primary N) is 1. The molecule has 0 saturated carbocycles. The normalized spacial score (nSPS) is 10.5. The lowest BCUT2D eigenvalue weighted by Gasteiger charge is -2.07. The molecule has 0 aromatic carbocycles. The van der Waals surface area contributed by atoms with Crippen LogP contribution < -0.4 is 11.3 Å². The van der Waals surface area contributed by atoms with Gasteiger partial charge in [0.1, 0.15) is 11.6 Å². The Kier molecular flexibility index (Phi) is 2.53. The van der Waals surface area contributed by atoms with Crippen molar-refractivity contribution in [3.63, 3.8) is 0 Å². The number of aryl methyl sites for hydroxylation is 3. The van der Waals surface area contributed by atoms with Crippen LogP contribution >= 0.6 is 0 Å². The van der Waals surface area contributed by atoms with Crippen LogP contribution in [0.4, 0.5) is 5.95 Å². The smallest absolute Gasteiger partial charge is 0.239 e. The summed E-state index contributed by atoms with van der Waals surface area (Å²) in [7, 11) is 0. The maximum Gasteiger partial charge on any atom is 0.239 e. The van der Waals surface area contributed by atoms with Gasteiger partial charge in [-0.1, -0.05) is 0 Å². The van der Waals surface area contributed by atoms with Gasteiger partial charge in [0.05, 0.1) is 0 Å². The highest BCUT2D eigenvalue weighted by atomic mass is 15.4. The van der Waals surface area contributed by atoms with Crippen molar-refractivity contribution >= 4 is 5.95 Å². The summed E-state index contributed by atoms with van der Waals surface area (Å²) in [4.78, 5) is 12.5. The zero-order valence-corrected chi connectivity index (χ0v) is 9.39. The molecule has 0 bridgehead atoms. The van der Waals surface area contributed by atoms with E-state index in [1.165, 1.54) is 0 Å². The minimum absolute atomic E-state index is 0.355. The zero-order valence-electron chi connectivity index (χ0n) is 9.39. The van der Waals surface area contributed by atoms with Crippen LogP contribution in [0.15, 0.2) is 6.20 Å². The van der Waals surface area contributed by atoms with Crippen LogP contribution in [0.2, 0.25) is 0 Å². The molecule has 0 saturated heterocycles. The van der Waals surface area contributed by atoms with Crippen LogP contribution in [0.3, 0.4) is 0 Å². The topological polar surface area (TPSA) is 94.5 Å². The van der Waals surface area contributed by atoms with Crippen LogP contribution in [-0.4, -0.2) is 24.7 Å². The second-order valence-corrected chi connectivity index (χ2v) is 3.46. The highest BCUT2D eigenvalue weighted by Crippen LogP contribution is 2.12. The summed E-state index contributed by atoms with van der Waals surface area (Å²) in [5.41, 5.74) is 3.32. The number of hydrazine groups is 1. The van der Waals surface area contributed by atoms with E-state index < -0.39 is 0 Å². The Morgan fingerprint density at radius 2 is 2.00 bits per heavy atom. The Morgan fingerprint density at radius 3 is 2.56 bits per heavy atom. The van der Waals surface area contributed by atoms with Crippen molar-refractivity contribution in [3.8, 4) is 5.82 Å². The van der Waals surface area contributed by atoms with E-state index >= 15 is 0 Å². The van der Waals surface area contributed by atoms with E-state index in [0.717, 1.165) is 11.4 Å². The maximum absolute atomic E-state index is 5.27. The van der Waals surface area contributed by atoms with Crippen molar-refractivity contribution < 1.29 is 0 Å². The minimum Gasteiger partial charge on any atom is -0.292 e. The largest absolute Gasteiger partial charge is 0.292 e. The predicted molar refractivity (Wildman–Crippen MR) is 59.0 cm³/mol. The average Bonchev–Trinajstić information content (AvgIpc) is 2.58. The molecule has 0 fully saturated rings. The number of rotatable bonds is 2. The summed E-state index contributed by atoms with van der Waals surface area (Å²) < 4.78 is 1.67. The summed E-state index contributed by atoms with van der Waals surface area (Å²) in [6.45, 7) is 5.62. The summed E-state index contributed by atoms with van der Waals surface area (Å²) >= 11 is 0. The molecular weight excluding hydrogens is 206 g/mol. The van der Waals surface area contributed by atoms with Crippen molar-refractivity contribution in [2.75, 3.05) is 5.43 Å². The third kappa shape index (κ3) is 1.72. The van der Waals surface area contributed by atoms with Gasteiger partial charge in [-0.3, -0.25) is 5.43 Å². The molecule has 0 aliphatic heterocycles. The zero-order chi connectivity index (χ0) is 11.7. The van der Waals surface area contributed by atoms with Crippen molar-refractivity contribution in [2.45, 2.75) is 20.8 Å². The molecule has 2 aromatic heterocycles. The van der Waals surface area contributed by atoms with Crippen molar-refractivity contribution in [1.82, 2.24) is 24.7 Å². The number of hydrogen-bond donors (Lipinski definition) is 2. The fourth-order valence-corrected chi connectivity index (χ4v) is 1.44. The number of nitrogens with zero attached hydrogens (tertiary/aromatic N) is 5. The molecule has 84 valence electrons. The SMILES string of the molecule is Cc1nc(C)n(-c2nc(NN)ncc2C)n1. The van der Waals surface area contributed by atoms with Gasteiger partial charge < -0.3 is 0 Å². The molecule has 0 unspecified atom stereocenters. The summed E-state index contributed by atoms with van der Waals surface area (Å²) in [6.07, 6.45) is 1.69. The van der Waals surface area contributed by atoms with Gasteiger partial charge in [-0.05, 0) is 20.8 Å². The number of anilines is 1. The fraction of sp³-hybridized carbons (Fsp3) is 0.333. The quantitative estimate of drug-likeness (QED) is 0.556. The molecule has 7 nitrogen and oxygen atoms in total. The molecule has 0 spiro atoms. The van der Waals surface area contributed by atoms with E-state index in [1.807, 2.05) is 20.8 Å². The monoisotopic (exact) mass is 219 g/mol. The van der Waals surface area contributed by atoms with E-state index in [-0.39, 0.29) is 0 Å². The lowest BCUT2D eigenvalue weighted by molar-refractivity contribution is 0.791. The van der Waals surface area contributed by atoms with E-state index in [9.17, 15) is 0 Å². The van der Waals surface area contributed by atoms with Gasteiger partial charge in [-0.15, -0.1) is 5.10 Å². The summed E-state index contributed by atoms with van der Waals surface area (Å²) in [5.74, 6) is 7.79. The molecule has 0 aliphatic rings. The fourth-order valence-electron chi connectivity index (χ4n) is 1.44. The first-order valence-corrected chi connectivity index (χ1v) is 4.82. The van der Waals surface area contributed by atoms with Gasteiger partial charge >= 0.3 is 0 Å². The van der Waals surface area contributed by atoms with Crippen LogP contribution in [0.1, 0.15) is 17.2 Å². The number of nitrogen functional groups attached to an aromatic ring is 1. The predicted octanol–water partition coefficient (Wildman–Crippen LogP) is 0.268. The molecule has 2 heterocycles. The Bertz CT molecular complexity index is 517. The molecular formula is C9H13N7. The standard InChI is InChI=1S/C9H13N7/c1-5-4-11-9(14-10)13-8(5)16-7(3)12-6(2)15-16/h4H,10H2,1-3H3,(H,11,13,14). The third-order valence-electron chi connectivity index (χ3n) is 2.15. The highest BCUT2D eigenvalue weighted by Gasteiger charge is 2.10. The average molecular weight is 219 g/mol. The number of hydrogen-bond acceptors (Lipinski definition) is 6. The van der Waals surface area contributed by atoms with Crippen LogP contribution in [0, 0.1) is 20.8 Å². The van der Waals surface area contributed by atoms with Crippen LogP contribution in [-0.2, 0) is 0 Å². The van der Waals surface area contributed by atoms with Gasteiger partial charge in [0, 0.05) is 11.8 Å². The third-order valence-corrected chi connectivity index (χ3v) is 2.15. The highest BCUT2D eigenvalue weighted by molar-refractivity contribution is 5.37. The second kappa shape index (κ2) is 3.86. The van der Waals surface area contributed by atoms with Gasteiger partial charge in [-0.25, -0.2) is 15.8 Å². The molecule has 0 atom stereocenters. The minimum atomic E-state index is 0.355. The molecule has 16 heavy (non-hydrogen) atoms. The Labute approximate surface area is 92.7 Å². The van der Waals surface area contributed by atoms with Gasteiger partial charge in [0.2, 0.25) is 5.95 Å². The van der Waals surface area contributed by atoms with Gasteiger partial charge in [0.25, 0.3) is 0 Å². The molecule has 2 rings (SSSR count). The van der Waals surface area contributed by atoms with Crippen LogP contribution in [0.5, 0.6) is 0 Å². The van der Waals surface area contributed by atoms with E-state index in [0.29, 0.717) is 17.6 Å². The first-order chi connectivity index (χ1) is 7.61. The van der Waals surface area contributed by atoms with E-state index in [2.05, 4.69) is 25.5 Å². The van der Waals surface area contributed by atoms with Crippen molar-refractivity contribution in [1.29, 1.82) is 0 Å². The second-order valence-electron chi connectivity index (χ2n) is 3.46. The van der Waals surface area contributed by atoms with Crippen molar-refractivity contribution in [3.05, 3.63) is 23.4 Å². The molecule has 0 amide bonds. The van der Waals surface area contributed by atoms with Gasteiger partial charge in [0.15, 0.2) is 5.82 Å². The van der Waals surface area contributed by atoms with Gasteiger partial charge in [-0.2, -0.15) is 9.67 Å².